The Morgan fingerprint density at radius 2 is 1.65 bits per heavy atom. The standard InChI is InChI=1S/C18H24N2/c1-3-17(20-18-11-9-15(2)10-12-18)14-19-13-16-7-5-4-6-8-16/h4-12,17,19-20H,3,13-14H2,1-2H3. The smallest absolute Gasteiger partial charge is 0.0383 e. The van der Waals surface area contributed by atoms with Gasteiger partial charge < -0.3 is 10.6 Å². The van der Waals surface area contributed by atoms with E-state index in [1.54, 1.807) is 0 Å². The van der Waals surface area contributed by atoms with E-state index in [1.165, 1.54) is 16.8 Å². The van der Waals surface area contributed by atoms with E-state index in [0.29, 0.717) is 6.04 Å². The zero-order chi connectivity index (χ0) is 14.2. The van der Waals surface area contributed by atoms with Crippen LogP contribution in [-0.4, -0.2) is 12.6 Å². The lowest BCUT2D eigenvalue weighted by atomic mass is 10.1. The van der Waals surface area contributed by atoms with Gasteiger partial charge in [0, 0.05) is 24.8 Å². The fourth-order valence-corrected chi connectivity index (χ4v) is 2.17. The lowest BCUT2D eigenvalue weighted by molar-refractivity contribution is 0.590. The largest absolute Gasteiger partial charge is 0.381 e. The normalized spacial score (nSPS) is 12.1. The van der Waals surface area contributed by atoms with Crippen LogP contribution < -0.4 is 10.6 Å². The number of rotatable bonds is 7. The zero-order valence-corrected chi connectivity index (χ0v) is 12.4. The minimum Gasteiger partial charge on any atom is -0.381 e. The summed E-state index contributed by atoms with van der Waals surface area (Å²) >= 11 is 0. The number of hydrogen-bond acceptors (Lipinski definition) is 2. The zero-order valence-electron chi connectivity index (χ0n) is 12.4. The first kappa shape index (κ1) is 14.6. The van der Waals surface area contributed by atoms with Crippen molar-refractivity contribution in [2.75, 3.05) is 11.9 Å². The number of nitrogens with one attached hydrogen (secondary N) is 2. The van der Waals surface area contributed by atoms with Gasteiger partial charge in [0.25, 0.3) is 0 Å². The van der Waals surface area contributed by atoms with Gasteiger partial charge in [-0.25, -0.2) is 0 Å². The second kappa shape index (κ2) is 7.71. The van der Waals surface area contributed by atoms with Gasteiger partial charge in [0.05, 0.1) is 0 Å². The van der Waals surface area contributed by atoms with Crippen LogP contribution in [0.2, 0.25) is 0 Å². The third kappa shape index (κ3) is 4.71. The van der Waals surface area contributed by atoms with Crippen LogP contribution in [0.25, 0.3) is 0 Å². The number of benzene rings is 2. The van der Waals surface area contributed by atoms with Crippen LogP contribution in [0, 0.1) is 6.92 Å². The Hall–Kier alpha value is -1.80. The van der Waals surface area contributed by atoms with Gasteiger partial charge in [-0.05, 0) is 31.0 Å². The maximum atomic E-state index is 3.58. The van der Waals surface area contributed by atoms with Crippen LogP contribution >= 0.6 is 0 Å². The fourth-order valence-electron chi connectivity index (χ4n) is 2.17. The molecule has 0 aromatic heterocycles. The van der Waals surface area contributed by atoms with E-state index in [0.717, 1.165) is 19.5 Å². The fraction of sp³-hybridized carbons (Fsp3) is 0.333. The van der Waals surface area contributed by atoms with E-state index in [-0.39, 0.29) is 0 Å². The Balaban J connectivity index is 1.79. The summed E-state index contributed by atoms with van der Waals surface area (Å²) in [5.74, 6) is 0. The average molecular weight is 268 g/mol. The first-order valence-electron chi connectivity index (χ1n) is 7.35. The molecule has 0 fully saturated rings. The second-order valence-electron chi connectivity index (χ2n) is 5.23. The molecule has 20 heavy (non-hydrogen) atoms. The summed E-state index contributed by atoms with van der Waals surface area (Å²) < 4.78 is 0. The molecule has 0 aliphatic heterocycles. The molecule has 0 saturated heterocycles. The lowest BCUT2D eigenvalue weighted by Gasteiger charge is -2.19. The van der Waals surface area contributed by atoms with Crippen molar-refractivity contribution in [2.24, 2.45) is 0 Å². The molecule has 0 spiro atoms. The first-order valence-corrected chi connectivity index (χ1v) is 7.35. The third-order valence-corrected chi connectivity index (χ3v) is 3.48. The maximum absolute atomic E-state index is 3.58. The van der Waals surface area contributed by atoms with E-state index in [4.69, 9.17) is 0 Å². The maximum Gasteiger partial charge on any atom is 0.0383 e. The molecule has 2 heteroatoms. The SMILES string of the molecule is CCC(CNCc1ccccc1)Nc1ccc(C)cc1. The number of aryl methyl sites for hydroxylation is 1. The molecular weight excluding hydrogens is 244 g/mol. The highest BCUT2D eigenvalue weighted by molar-refractivity contribution is 5.45. The van der Waals surface area contributed by atoms with Crippen LogP contribution in [0.15, 0.2) is 54.6 Å². The van der Waals surface area contributed by atoms with Crippen LogP contribution in [0.1, 0.15) is 24.5 Å². The second-order valence-corrected chi connectivity index (χ2v) is 5.23. The Morgan fingerprint density at radius 3 is 2.30 bits per heavy atom. The minimum atomic E-state index is 0.460. The van der Waals surface area contributed by atoms with Crippen molar-refractivity contribution in [3.05, 3.63) is 65.7 Å². The van der Waals surface area contributed by atoms with Crippen molar-refractivity contribution in [3.63, 3.8) is 0 Å². The molecule has 2 N–H and O–H groups in total. The summed E-state index contributed by atoms with van der Waals surface area (Å²) in [6.07, 6.45) is 1.11. The summed E-state index contributed by atoms with van der Waals surface area (Å²) in [6.45, 7) is 6.23. The Morgan fingerprint density at radius 1 is 0.950 bits per heavy atom. The van der Waals surface area contributed by atoms with E-state index in [2.05, 4.69) is 79.1 Å². The number of anilines is 1. The summed E-state index contributed by atoms with van der Waals surface area (Å²) in [7, 11) is 0. The van der Waals surface area contributed by atoms with Gasteiger partial charge in [0.2, 0.25) is 0 Å². The Bertz CT molecular complexity index is 491. The van der Waals surface area contributed by atoms with Gasteiger partial charge >= 0.3 is 0 Å². The van der Waals surface area contributed by atoms with Crippen molar-refractivity contribution in [2.45, 2.75) is 32.9 Å². The summed E-state index contributed by atoms with van der Waals surface area (Å²) in [4.78, 5) is 0. The molecular formula is C18H24N2. The van der Waals surface area contributed by atoms with Gasteiger partial charge in [0.1, 0.15) is 0 Å². The highest BCUT2D eigenvalue weighted by atomic mass is 15.0. The molecule has 0 heterocycles. The van der Waals surface area contributed by atoms with Gasteiger partial charge in [-0.3, -0.25) is 0 Å². The summed E-state index contributed by atoms with van der Waals surface area (Å²) in [5.41, 5.74) is 3.83. The van der Waals surface area contributed by atoms with Crippen LogP contribution in [-0.2, 0) is 6.54 Å². The Kier molecular flexibility index (Phi) is 5.63. The van der Waals surface area contributed by atoms with Crippen molar-refractivity contribution in [1.82, 2.24) is 5.32 Å². The van der Waals surface area contributed by atoms with E-state index >= 15 is 0 Å². The predicted octanol–water partition coefficient (Wildman–Crippen LogP) is 3.98. The number of hydrogen-bond donors (Lipinski definition) is 2. The van der Waals surface area contributed by atoms with Crippen molar-refractivity contribution < 1.29 is 0 Å². The van der Waals surface area contributed by atoms with Gasteiger partial charge in [-0.15, -0.1) is 0 Å². The molecule has 2 rings (SSSR count). The molecule has 2 aromatic rings. The van der Waals surface area contributed by atoms with Gasteiger partial charge in [-0.2, -0.15) is 0 Å². The third-order valence-electron chi connectivity index (χ3n) is 3.48. The molecule has 0 aliphatic carbocycles. The van der Waals surface area contributed by atoms with Crippen molar-refractivity contribution in [1.29, 1.82) is 0 Å². The minimum absolute atomic E-state index is 0.460. The van der Waals surface area contributed by atoms with Crippen molar-refractivity contribution in [3.8, 4) is 0 Å². The van der Waals surface area contributed by atoms with Crippen LogP contribution in [0.3, 0.4) is 0 Å². The predicted molar refractivity (Wildman–Crippen MR) is 87.0 cm³/mol. The van der Waals surface area contributed by atoms with Gasteiger partial charge in [-0.1, -0.05) is 55.0 Å². The monoisotopic (exact) mass is 268 g/mol. The lowest BCUT2D eigenvalue weighted by Crippen LogP contribution is -2.32. The molecule has 2 nitrogen and oxygen atoms in total. The molecule has 2 aromatic carbocycles. The molecule has 0 aliphatic rings. The van der Waals surface area contributed by atoms with E-state index in [1.807, 2.05) is 0 Å². The molecule has 1 unspecified atom stereocenters. The van der Waals surface area contributed by atoms with E-state index in [9.17, 15) is 0 Å². The molecule has 0 amide bonds. The quantitative estimate of drug-likeness (QED) is 0.794. The highest BCUT2D eigenvalue weighted by Gasteiger charge is 2.05. The molecule has 0 saturated carbocycles. The van der Waals surface area contributed by atoms with Crippen LogP contribution in [0.4, 0.5) is 5.69 Å². The molecule has 1 atom stereocenters. The molecule has 106 valence electrons. The van der Waals surface area contributed by atoms with Crippen molar-refractivity contribution >= 4 is 5.69 Å². The summed E-state index contributed by atoms with van der Waals surface area (Å²) in [6, 6.07) is 19.6. The first-order chi connectivity index (χ1) is 9.78. The van der Waals surface area contributed by atoms with E-state index < -0.39 is 0 Å². The Labute approximate surface area is 122 Å². The van der Waals surface area contributed by atoms with Gasteiger partial charge in [0.15, 0.2) is 0 Å². The highest BCUT2D eigenvalue weighted by Crippen LogP contribution is 2.11. The average Bonchev–Trinajstić information content (AvgIpc) is 2.49. The van der Waals surface area contributed by atoms with Crippen LogP contribution in [0.5, 0.6) is 0 Å². The topological polar surface area (TPSA) is 24.1 Å². The summed E-state index contributed by atoms with van der Waals surface area (Å²) in [5, 5.41) is 7.10. The molecule has 0 bridgehead atoms. The molecule has 0 radical (unpaired) electrons.